The standard InChI is InChI=1S/C15H27N5O/c1-14(2)10-12(11-15(3,4)18-14)9-13(21)16-5-7-20-8-6-17-19-20/h6,8,12,18H,5,7,9-11H2,1-4H3,(H,16,21). The van der Waals surface area contributed by atoms with Crippen molar-refractivity contribution in [1.29, 1.82) is 0 Å². The summed E-state index contributed by atoms with van der Waals surface area (Å²) in [5.74, 6) is 0.566. The summed E-state index contributed by atoms with van der Waals surface area (Å²) >= 11 is 0. The van der Waals surface area contributed by atoms with Gasteiger partial charge in [-0.05, 0) is 46.5 Å². The van der Waals surface area contributed by atoms with Gasteiger partial charge in [0.25, 0.3) is 0 Å². The average Bonchev–Trinajstić information content (AvgIpc) is 2.77. The normalized spacial score (nSPS) is 21.1. The van der Waals surface area contributed by atoms with Crippen LogP contribution in [0.4, 0.5) is 0 Å². The molecule has 21 heavy (non-hydrogen) atoms. The lowest BCUT2D eigenvalue weighted by Crippen LogP contribution is -2.58. The molecule has 2 heterocycles. The zero-order chi connectivity index (χ0) is 15.5. The highest BCUT2D eigenvalue weighted by atomic mass is 16.1. The van der Waals surface area contributed by atoms with Crippen molar-refractivity contribution in [2.45, 2.75) is 64.6 Å². The number of hydrogen-bond donors (Lipinski definition) is 2. The number of carbonyl (C=O) groups is 1. The van der Waals surface area contributed by atoms with Crippen LogP contribution in [-0.4, -0.2) is 38.5 Å². The number of amides is 1. The van der Waals surface area contributed by atoms with E-state index >= 15 is 0 Å². The Bertz CT molecular complexity index is 450. The van der Waals surface area contributed by atoms with Crippen LogP contribution in [0.2, 0.25) is 0 Å². The van der Waals surface area contributed by atoms with Crippen LogP contribution in [0, 0.1) is 5.92 Å². The minimum absolute atomic E-state index is 0.0907. The Morgan fingerprint density at radius 2 is 2.00 bits per heavy atom. The Labute approximate surface area is 126 Å². The number of piperidine rings is 1. The van der Waals surface area contributed by atoms with Gasteiger partial charge in [0.05, 0.1) is 12.7 Å². The highest BCUT2D eigenvalue weighted by Gasteiger charge is 2.38. The summed E-state index contributed by atoms with van der Waals surface area (Å²) in [5, 5.41) is 14.2. The molecule has 1 saturated heterocycles. The van der Waals surface area contributed by atoms with Gasteiger partial charge in [-0.3, -0.25) is 9.48 Å². The molecule has 2 rings (SSSR count). The predicted octanol–water partition coefficient (Wildman–Crippen LogP) is 1.34. The summed E-state index contributed by atoms with van der Waals surface area (Å²) in [4.78, 5) is 12.1. The molecule has 6 heteroatoms. The first-order valence-corrected chi connectivity index (χ1v) is 7.66. The van der Waals surface area contributed by atoms with E-state index in [-0.39, 0.29) is 17.0 Å². The third-order valence-electron chi connectivity index (χ3n) is 3.88. The van der Waals surface area contributed by atoms with Gasteiger partial charge < -0.3 is 10.6 Å². The molecule has 0 spiro atoms. The van der Waals surface area contributed by atoms with E-state index in [9.17, 15) is 4.79 Å². The van der Waals surface area contributed by atoms with Crippen LogP contribution in [0.5, 0.6) is 0 Å². The molecule has 1 aromatic rings. The van der Waals surface area contributed by atoms with Gasteiger partial charge in [-0.2, -0.15) is 0 Å². The third-order valence-corrected chi connectivity index (χ3v) is 3.88. The number of hydrogen-bond acceptors (Lipinski definition) is 4. The maximum absolute atomic E-state index is 12.1. The van der Waals surface area contributed by atoms with Crippen LogP contribution in [0.1, 0.15) is 47.0 Å². The molecule has 1 fully saturated rings. The number of carbonyl (C=O) groups excluding carboxylic acids is 1. The van der Waals surface area contributed by atoms with Crippen LogP contribution in [0.25, 0.3) is 0 Å². The molecule has 1 aromatic heterocycles. The number of rotatable bonds is 5. The minimum atomic E-state index is 0.0907. The van der Waals surface area contributed by atoms with Gasteiger partial charge in [0.2, 0.25) is 5.91 Å². The molecule has 1 aliphatic rings. The van der Waals surface area contributed by atoms with Crippen LogP contribution in [-0.2, 0) is 11.3 Å². The van der Waals surface area contributed by atoms with Crippen molar-refractivity contribution in [3.05, 3.63) is 12.4 Å². The Morgan fingerprint density at radius 1 is 1.33 bits per heavy atom. The fraction of sp³-hybridized carbons (Fsp3) is 0.800. The van der Waals surface area contributed by atoms with Gasteiger partial charge in [-0.15, -0.1) is 5.10 Å². The quantitative estimate of drug-likeness (QED) is 0.859. The lowest BCUT2D eigenvalue weighted by atomic mass is 9.74. The van der Waals surface area contributed by atoms with Crippen LogP contribution in [0.15, 0.2) is 12.4 Å². The summed E-state index contributed by atoms with van der Waals surface area (Å²) in [6.07, 6.45) is 6.11. The first kappa shape index (κ1) is 15.9. The number of aromatic nitrogens is 3. The zero-order valence-electron chi connectivity index (χ0n) is 13.5. The first-order chi connectivity index (χ1) is 9.76. The topological polar surface area (TPSA) is 71.8 Å². The van der Waals surface area contributed by atoms with E-state index in [1.165, 1.54) is 0 Å². The molecular formula is C15H27N5O. The Morgan fingerprint density at radius 3 is 2.57 bits per heavy atom. The Hall–Kier alpha value is -1.43. The summed E-state index contributed by atoms with van der Waals surface area (Å²) in [7, 11) is 0. The number of nitrogens with one attached hydrogen (secondary N) is 2. The van der Waals surface area contributed by atoms with Crippen molar-refractivity contribution in [1.82, 2.24) is 25.6 Å². The lowest BCUT2D eigenvalue weighted by molar-refractivity contribution is -0.122. The summed E-state index contributed by atoms with van der Waals surface area (Å²) in [5.41, 5.74) is 0.181. The third kappa shape index (κ3) is 5.12. The minimum Gasteiger partial charge on any atom is -0.354 e. The fourth-order valence-electron chi connectivity index (χ4n) is 3.67. The molecule has 0 aromatic carbocycles. The van der Waals surface area contributed by atoms with Crippen molar-refractivity contribution in [3.63, 3.8) is 0 Å². The molecule has 0 unspecified atom stereocenters. The van der Waals surface area contributed by atoms with Gasteiger partial charge in [0.15, 0.2) is 0 Å². The summed E-state index contributed by atoms with van der Waals surface area (Å²) in [6.45, 7) is 10.1. The largest absolute Gasteiger partial charge is 0.354 e. The molecule has 0 bridgehead atoms. The Balaban J connectivity index is 1.76. The zero-order valence-corrected chi connectivity index (χ0v) is 13.5. The second-order valence-corrected chi connectivity index (χ2v) is 7.39. The molecule has 0 atom stereocenters. The Kier molecular flexibility index (Phi) is 4.66. The highest BCUT2D eigenvalue weighted by Crippen LogP contribution is 2.34. The average molecular weight is 293 g/mol. The van der Waals surface area contributed by atoms with Crippen molar-refractivity contribution in [2.75, 3.05) is 6.54 Å². The molecule has 118 valence electrons. The van der Waals surface area contributed by atoms with Crippen molar-refractivity contribution in [3.8, 4) is 0 Å². The molecule has 2 N–H and O–H groups in total. The molecule has 1 aliphatic heterocycles. The van der Waals surface area contributed by atoms with Crippen molar-refractivity contribution in [2.24, 2.45) is 5.92 Å². The van der Waals surface area contributed by atoms with E-state index in [0.717, 1.165) is 12.8 Å². The lowest BCUT2D eigenvalue weighted by Gasteiger charge is -2.46. The van der Waals surface area contributed by atoms with E-state index < -0.39 is 0 Å². The van der Waals surface area contributed by atoms with E-state index in [0.29, 0.717) is 25.4 Å². The maximum atomic E-state index is 12.1. The van der Waals surface area contributed by atoms with Gasteiger partial charge in [-0.25, -0.2) is 0 Å². The molecular weight excluding hydrogens is 266 g/mol. The molecule has 1 amide bonds. The van der Waals surface area contributed by atoms with E-state index in [2.05, 4.69) is 48.6 Å². The number of nitrogens with zero attached hydrogens (tertiary/aromatic N) is 3. The second-order valence-electron chi connectivity index (χ2n) is 7.39. The van der Waals surface area contributed by atoms with E-state index in [1.807, 2.05) is 0 Å². The monoisotopic (exact) mass is 293 g/mol. The van der Waals surface area contributed by atoms with Crippen LogP contribution >= 0.6 is 0 Å². The SMILES string of the molecule is CC1(C)CC(CC(=O)NCCn2ccnn2)CC(C)(C)N1. The fourth-order valence-corrected chi connectivity index (χ4v) is 3.67. The highest BCUT2D eigenvalue weighted by molar-refractivity contribution is 5.76. The van der Waals surface area contributed by atoms with Crippen LogP contribution < -0.4 is 10.6 Å². The van der Waals surface area contributed by atoms with Gasteiger partial charge in [-0.1, -0.05) is 5.21 Å². The second kappa shape index (κ2) is 6.13. The van der Waals surface area contributed by atoms with Crippen molar-refractivity contribution >= 4 is 5.91 Å². The van der Waals surface area contributed by atoms with E-state index in [1.54, 1.807) is 17.1 Å². The molecule has 0 saturated carbocycles. The summed E-state index contributed by atoms with van der Waals surface area (Å²) < 4.78 is 1.72. The van der Waals surface area contributed by atoms with Crippen molar-refractivity contribution < 1.29 is 4.79 Å². The maximum Gasteiger partial charge on any atom is 0.220 e. The summed E-state index contributed by atoms with van der Waals surface area (Å²) in [6, 6.07) is 0. The first-order valence-electron chi connectivity index (χ1n) is 7.66. The van der Waals surface area contributed by atoms with Gasteiger partial charge in [0.1, 0.15) is 0 Å². The predicted molar refractivity (Wildman–Crippen MR) is 81.7 cm³/mol. The molecule has 0 aliphatic carbocycles. The smallest absolute Gasteiger partial charge is 0.220 e. The van der Waals surface area contributed by atoms with Gasteiger partial charge in [0, 0.05) is 30.2 Å². The van der Waals surface area contributed by atoms with Crippen LogP contribution in [0.3, 0.4) is 0 Å². The van der Waals surface area contributed by atoms with Gasteiger partial charge >= 0.3 is 0 Å². The van der Waals surface area contributed by atoms with E-state index in [4.69, 9.17) is 0 Å². The molecule has 0 radical (unpaired) electrons. The molecule has 6 nitrogen and oxygen atoms in total.